The molecule has 0 aliphatic carbocycles. The first kappa shape index (κ1) is 19.2. The van der Waals surface area contributed by atoms with E-state index in [1.165, 1.54) is 6.07 Å². The summed E-state index contributed by atoms with van der Waals surface area (Å²) >= 11 is 0. The molecule has 1 N–H and O–H groups in total. The Morgan fingerprint density at radius 1 is 1.24 bits per heavy atom. The fraction of sp³-hybridized carbons (Fsp3) is 0.500. The van der Waals surface area contributed by atoms with Gasteiger partial charge in [-0.05, 0) is 38.3 Å². The molecule has 118 valence electrons. The van der Waals surface area contributed by atoms with Crippen LogP contribution >= 0.6 is 0 Å². The number of aromatic hydroxyl groups is 1. The number of allylic oxidation sites excluding steroid dienone is 4. The Hall–Kier alpha value is -1.77. The second-order valence-electron chi connectivity index (χ2n) is 5.13. The summed E-state index contributed by atoms with van der Waals surface area (Å²) in [5, 5.41) is 9.43. The lowest BCUT2D eigenvalue weighted by Gasteiger charge is -2.19. The topological polar surface area (TPSA) is 42.2 Å². The second kappa shape index (κ2) is 9.22. The maximum absolute atomic E-state index is 12.0. The van der Waals surface area contributed by atoms with Crippen LogP contribution in [0.5, 0.6) is 5.75 Å². The molecule has 3 nitrogen and oxygen atoms in total. The number of nitrogens with zero attached hydrogens (tertiary/aromatic N) is 1. The fourth-order valence-corrected chi connectivity index (χ4v) is 2.12. The first-order chi connectivity index (χ1) is 9.86. The number of rotatable bonds is 4. The molecule has 0 radical (unpaired) electrons. The van der Waals surface area contributed by atoms with E-state index in [0.717, 1.165) is 11.3 Å². The Labute approximate surface area is 128 Å². The van der Waals surface area contributed by atoms with Crippen molar-refractivity contribution in [3.63, 3.8) is 0 Å². The van der Waals surface area contributed by atoms with E-state index in [1.54, 1.807) is 10.6 Å². The lowest BCUT2D eigenvalue weighted by atomic mass is 10.0. The Kier molecular flexibility index (Phi) is 8.44. The molecule has 0 amide bonds. The average Bonchev–Trinajstić information content (AvgIpc) is 2.40. The van der Waals surface area contributed by atoms with Crippen LogP contribution in [0, 0.1) is 12.8 Å². The van der Waals surface area contributed by atoms with Crippen LogP contribution < -0.4 is 5.56 Å². The first-order valence-corrected chi connectivity index (χ1v) is 7.63. The Balaban J connectivity index is 0.00000191. The molecule has 0 bridgehead atoms. The highest BCUT2D eigenvalue weighted by atomic mass is 16.3. The predicted molar refractivity (Wildman–Crippen MR) is 90.9 cm³/mol. The van der Waals surface area contributed by atoms with Crippen molar-refractivity contribution in [3.8, 4) is 5.75 Å². The van der Waals surface area contributed by atoms with Gasteiger partial charge in [-0.25, -0.2) is 0 Å². The molecular weight excluding hydrogens is 262 g/mol. The molecule has 1 aromatic rings. The highest BCUT2D eigenvalue weighted by Crippen LogP contribution is 2.20. The lowest BCUT2D eigenvalue weighted by Crippen LogP contribution is -2.25. The molecule has 3 heteroatoms. The second-order valence-corrected chi connectivity index (χ2v) is 5.13. The molecule has 0 aliphatic heterocycles. The van der Waals surface area contributed by atoms with Crippen LogP contribution in [0.4, 0.5) is 0 Å². The van der Waals surface area contributed by atoms with Crippen LogP contribution in [0.3, 0.4) is 0 Å². The van der Waals surface area contributed by atoms with Gasteiger partial charge in [0.25, 0.3) is 5.56 Å². The number of aromatic nitrogens is 1. The maximum Gasteiger partial charge on any atom is 0.254 e. The minimum Gasteiger partial charge on any atom is -0.508 e. The molecule has 1 heterocycles. The number of hydrogen-bond donors (Lipinski definition) is 1. The van der Waals surface area contributed by atoms with Gasteiger partial charge in [-0.1, -0.05) is 45.9 Å². The SMILES string of the molecule is C/C=C(\C=C/C(C)C)C(C)n1c(C)cc(O)cc1=O.CC. The van der Waals surface area contributed by atoms with E-state index in [9.17, 15) is 9.90 Å². The van der Waals surface area contributed by atoms with Gasteiger partial charge in [0.2, 0.25) is 0 Å². The molecule has 0 fully saturated rings. The summed E-state index contributed by atoms with van der Waals surface area (Å²) in [6, 6.07) is 2.81. The standard InChI is InChI=1S/C16H23NO2.C2H6/c1-6-14(8-7-11(2)3)13(5)17-12(4)9-15(18)10-16(17)19;1-2/h6-11,13,18H,1-5H3;1-2H3/b8-7-,14-6+;. The molecule has 0 saturated heterocycles. The Bertz CT molecular complexity index is 551. The average molecular weight is 291 g/mol. The molecule has 21 heavy (non-hydrogen) atoms. The van der Waals surface area contributed by atoms with Gasteiger partial charge in [-0.15, -0.1) is 0 Å². The van der Waals surface area contributed by atoms with E-state index in [4.69, 9.17) is 0 Å². The summed E-state index contributed by atoms with van der Waals surface area (Å²) < 4.78 is 1.69. The molecule has 0 saturated carbocycles. The van der Waals surface area contributed by atoms with Crippen molar-refractivity contribution in [2.75, 3.05) is 0 Å². The van der Waals surface area contributed by atoms with Crippen LogP contribution in [0.1, 0.15) is 53.3 Å². The van der Waals surface area contributed by atoms with Gasteiger partial charge in [0.15, 0.2) is 0 Å². The summed E-state index contributed by atoms with van der Waals surface area (Å²) in [6.45, 7) is 14.0. The van der Waals surface area contributed by atoms with Crippen molar-refractivity contribution in [3.05, 3.63) is 52.0 Å². The van der Waals surface area contributed by atoms with E-state index in [0.29, 0.717) is 5.92 Å². The van der Waals surface area contributed by atoms with Crippen molar-refractivity contribution in [2.45, 2.75) is 54.5 Å². The highest BCUT2D eigenvalue weighted by molar-refractivity contribution is 5.27. The van der Waals surface area contributed by atoms with Crippen LogP contribution in [-0.2, 0) is 0 Å². The third kappa shape index (κ3) is 5.62. The fourth-order valence-electron chi connectivity index (χ4n) is 2.12. The summed E-state index contributed by atoms with van der Waals surface area (Å²) in [5.74, 6) is 0.491. The van der Waals surface area contributed by atoms with E-state index in [1.807, 2.05) is 40.7 Å². The summed E-state index contributed by atoms with van der Waals surface area (Å²) in [4.78, 5) is 12.0. The monoisotopic (exact) mass is 291 g/mol. The zero-order chi connectivity index (χ0) is 16.6. The van der Waals surface area contributed by atoms with E-state index >= 15 is 0 Å². The molecule has 0 aromatic carbocycles. The minimum atomic E-state index is -0.178. The zero-order valence-corrected chi connectivity index (χ0v) is 14.3. The number of aryl methyl sites for hydroxylation is 1. The Morgan fingerprint density at radius 3 is 2.24 bits per heavy atom. The van der Waals surface area contributed by atoms with Crippen molar-refractivity contribution in [2.24, 2.45) is 5.92 Å². The van der Waals surface area contributed by atoms with Gasteiger partial charge in [-0.3, -0.25) is 4.79 Å². The molecule has 1 unspecified atom stereocenters. The van der Waals surface area contributed by atoms with Gasteiger partial charge < -0.3 is 9.67 Å². The van der Waals surface area contributed by atoms with Gasteiger partial charge >= 0.3 is 0 Å². The first-order valence-electron chi connectivity index (χ1n) is 7.63. The summed E-state index contributed by atoms with van der Waals surface area (Å²) in [7, 11) is 0. The minimum absolute atomic E-state index is 0.0192. The van der Waals surface area contributed by atoms with Crippen molar-refractivity contribution in [1.29, 1.82) is 0 Å². The maximum atomic E-state index is 12.0. The van der Waals surface area contributed by atoms with E-state index in [-0.39, 0.29) is 17.4 Å². The number of hydrogen-bond acceptors (Lipinski definition) is 2. The third-order valence-electron chi connectivity index (χ3n) is 3.12. The largest absolute Gasteiger partial charge is 0.508 e. The molecule has 1 rings (SSSR count). The van der Waals surface area contributed by atoms with Crippen molar-refractivity contribution < 1.29 is 5.11 Å². The zero-order valence-electron chi connectivity index (χ0n) is 14.3. The highest BCUT2D eigenvalue weighted by Gasteiger charge is 2.12. The van der Waals surface area contributed by atoms with Gasteiger partial charge in [0.1, 0.15) is 5.75 Å². The van der Waals surface area contributed by atoms with Gasteiger partial charge in [0.05, 0.1) is 6.04 Å². The van der Waals surface area contributed by atoms with Gasteiger partial charge in [-0.2, -0.15) is 0 Å². The van der Waals surface area contributed by atoms with Crippen LogP contribution in [0.15, 0.2) is 40.7 Å². The van der Waals surface area contributed by atoms with E-state index in [2.05, 4.69) is 26.0 Å². The van der Waals surface area contributed by atoms with E-state index < -0.39 is 0 Å². The number of pyridine rings is 1. The van der Waals surface area contributed by atoms with Crippen LogP contribution in [-0.4, -0.2) is 9.67 Å². The summed E-state index contributed by atoms with van der Waals surface area (Å²) in [5.41, 5.74) is 1.67. The molecular formula is C18H29NO2. The lowest BCUT2D eigenvalue weighted by molar-refractivity contribution is 0.467. The molecule has 0 spiro atoms. The van der Waals surface area contributed by atoms with Crippen LogP contribution in [0.25, 0.3) is 0 Å². The quantitative estimate of drug-likeness (QED) is 0.823. The molecule has 1 atom stereocenters. The van der Waals surface area contributed by atoms with Gasteiger partial charge in [0, 0.05) is 11.8 Å². The summed E-state index contributed by atoms with van der Waals surface area (Å²) in [6.07, 6.45) is 6.20. The molecule has 1 aromatic heterocycles. The normalized spacial score (nSPS) is 13.2. The van der Waals surface area contributed by atoms with Crippen LogP contribution in [0.2, 0.25) is 0 Å². The molecule has 0 aliphatic rings. The Morgan fingerprint density at radius 2 is 1.81 bits per heavy atom. The van der Waals surface area contributed by atoms with Crippen molar-refractivity contribution >= 4 is 0 Å². The third-order valence-corrected chi connectivity index (χ3v) is 3.12. The predicted octanol–water partition coefficient (Wildman–Crippen LogP) is 4.61. The van der Waals surface area contributed by atoms with Crippen molar-refractivity contribution in [1.82, 2.24) is 4.57 Å². The smallest absolute Gasteiger partial charge is 0.254 e.